The molecule has 104 valence electrons. The highest BCUT2D eigenvalue weighted by molar-refractivity contribution is 6.73. The van der Waals surface area contributed by atoms with Gasteiger partial charge in [-0.2, -0.15) is 5.10 Å². The maximum Gasteiger partial charge on any atom is 0.169 e. The van der Waals surface area contributed by atoms with Gasteiger partial charge in [-0.05, 0) is 18.4 Å². The summed E-state index contributed by atoms with van der Waals surface area (Å²) in [6.07, 6.45) is 5.29. The average Bonchev–Trinajstić information content (AvgIpc) is 2.37. The minimum atomic E-state index is -1.47. The van der Waals surface area contributed by atoms with Crippen LogP contribution in [0.4, 0.5) is 0 Å². The van der Waals surface area contributed by atoms with E-state index in [4.69, 9.17) is 0 Å². The number of hydrogen-bond donors (Lipinski definition) is 0. The molecule has 0 amide bonds. The first-order chi connectivity index (χ1) is 9.04. The Hall–Kier alpha value is -1.42. The summed E-state index contributed by atoms with van der Waals surface area (Å²) in [7, 11) is -1.47. The van der Waals surface area contributed by atoms with Gasteiger partial charge in [-0.3, -0.25) is 0 Å². The average molecular weight is 276 g/mol. The smallest absolute Gasteiger partial charge is 0.169 e. The molecule has 0 fully saturated rings. The Labute approximate surface area is 117 Å². The molecule has 0 aliphatic rings. The molecule has 0 spiro atoms. The molecule has 3 nitrogen and oxygen atoms in total. The van der Waals surface area contributed by atoms with Crippen LogP contribution in [-0.2, 0) is 11.3 Å². The Morgan fingerprint density at radius 3 is 2.42 bits per heavy atom. The third-order valence-corrected chi connectivity index (χ3v) is 4.65. The van der Waals surface area contributed by atoms with Crippen molar-refractivity contribution in [3.8, 4) is 0 Å². The first-order valence-electron chi connectivity index (χ1n) is 6.81. The molecular weight excluding hydrogens is 252 g/mol. The topological polar surface area (TPSA) is 32.7 Å². The second-order valence-electron chi connectivity index (χ2n) is 5.61. The summed E-state index contributed by atoms with van der Waals surface area (Å²) in [6.45, 7) is 7.73. The number of unbranched alkanes of at least 4 members (excludes halogenated alkanes) is 2. The maximum absolute atomic E-state index is 10.3. The van der Waals surface area contributed by atoms with Gasteiger partial charge in [0.2, 0.25) is 0 Å². The van der Waals surface area contributed by atoms with Crippen LogP contribution in [0.5, 0.6) is 0 Å². The Kier molecular flexibility index (Phi) is 6.49. The Balaban J connectivity index is 2.60. The quantitative estimate of drug-likeness (QED) is 0.238. The van der Waals surface area contributed by atoms with E-state index in [9.17, 15) is 4.79 Å². The van der Waals surface area contributed by atoms with E-state index in [-0.39, 0.29) is 0 Å². The van der Waals surface area contributed by atoms with E-state index in [0.29, 0.717) is 6.42 Å². The lowest BCUT2D eigenvalue weighted by atomic mass is 10.2. The van der Waals surface area contributed by atoms with Gasteiger partial charge >= 0.3 is 0 Å². The third-order valence-electron chi connectivity index (χ3n) is 2.83. The fourth-order valence-electron chi connectivity index (χ4n) is 1.66. The van der Waals surface area contributed by atoms with Crippen molar-refractivity contribution in [1.29, 1.82) is 0 Å². The molecule has 0 aliphatic heterocycles. The molecule has 1 rings (SSSR count). The zero-order valence-corrected chi connectivity index (χ0v) is 13.2. The van der Waals surface area contributed by atoms with E-state index < -0.39 is 8.24 Å². The van der Waals surface area contributed by atoms with Gasteiger partial charge in [0, 0.05) is 12.6 Å². The maximum atomic E-state index is 10.3. The van der Waals surface area contributed by atoms with E-state index in [2.05, 4.69) is 53.7 Å². The second kappa shape index (κ2) is 7.89. The van der Waals surface area contributed by atoms with Crippen molar-refractivity contribution in [2.75, 3.05) is 0 Å². The van der Waals surface area contributed by atoms with Crippen molar-refractivity contribution in [3.05, 3.63) is 35.9 Å². The minimum Gasteiger partial charge on any atom is -0.321 e. The summed E-state index contributed by atoms with van der Waals surface area (Å²) in [6, 6.07) is 10.4. The molecule has 0 saturated carbocycles. The normalized spacial score (nSPS) is 11.7. The first-order valence-corrected chi connectivity index (χ1v) is 10.3. The molecular formula is C15H24N2OSi. The number of hydrogen-bond acceptors (Lipinski definition) is 3. The number of carbonyl (C=O) groups is 1. The highest BCUT2D eigenvalue weighted by atomic mass is 28.3. The van der Waals surface area contributed by atoms with Gasteiger partial charge in [0.15, 0.2) is 8.24 Å². The summed E-state index contributed by atoms with van der Waals surface area (Å²) in [5, 5.41) is 4.62. The first kappa shape index (κ1) is 15.6. The fraction of sp³-hybridized carbons (Fsp3) is 0.467. The monoisotopic (exact) mass is 276 g/mol. The molecule has 0 atom stereocenters. The summed E-state index contributed by atoms with van der Waals surface area (Å²) >= 11 is 0. The predicted molar refractivity (Wildman–Crippen MR) is 83.7 cm³/mol. The van der Waals surface area contributed by atoms with Crippen molar-refractivity contribution < 1.29 is 4.79 Å². The van der Waals surface area contributed by atoms with Gasteiger partial charge in [-0.15, -0.1) is 0 Å². The second-order valence-corrected chi connectivity index (χ2v) is 10.5. The molecule has 0 N–H and O–H groups in total. The van der Waals surface area contributed by atoms with Crippen LogP contribution in [0.2, 0.25) is 19.6 Å². The Bertz CT molecular complexity index is 398. The van der Waals surface area contributed by atoms with Crippen LogP contribution in [-0.4, -0.2) is 25.4 Å². The number of aldehydes is 1. The van der Waals surface area contributed by atoms with Crippen LogP contribution < -0.4 is 0 Å². The highest BCUT2D eigenvalue weighted by Gasteiger charge is 2.22. The van der Waals surface area contributed by atoms with Crippen LogP contribution in [0, 0.1) is 0 Å². The fourth-order valence-corrected chi connectivity index (χ4v) is 2.74. The van der Waals surface area contributed by atoms with Crippen molar-refractivity contribution in [2.45, 2.75) is 45.4 Å². The molecule has 0 radical (unpaired) electrons. The van der Waals surface area contributed by atoms with Gasteiger partial charge in [0.05, 0.1) is 6.54 Å². The molecule has 0 heterocycles. The van der Waals surface area contributed by atoms with E-state index >= 15 is 0 Å². The number of rotatable bonds is 8. The minimum absolute atomic E-state index is 0.623. The molecule has 0 unspecified atom stereocenters. The Morgan fingerprint density at radius 2 is 1.84 bits per heavy atom. The summed E-state index contributed by atoms with van der Waals surface area (Å²) in [4.78, 5) is 10.3. The molecule has 4 heteroatoms. The third kappa shape index (κ3) is 6.34. The Morgan fingerprint density at radius 1 is 1.16 bits per heavy atom. The molecule has 0 saturated heterocycles. The van der Waals surface area contributed by atoms with Crippen molar-refractivity contribution in [3.63, 3.8) is 0 Å². The summed E-state index contributed by atoms with van der Waals surface area (Å²) in [5.74, 6) is 0. The van der Waals surface area contributed by atoms with Crippen LogP contribution in [0.3, 0.4) is 0 Å². The molecule has 0 aliphatic carbocycles. The zero-order valence-electron chi connectivity index (χ0n) is 12.2. The largest absolute Gasteiger partial charge is 0.321 e. The van der Waals surface area contributed by atoms with E-state index in [0.717, 1.165) is 25.7 Å². The van der Waals surface area contributed by atoms with E-state index in [1.165, 1.54) is 5.56 Å². The SMILES string of the molecule is C[Si](C)(C)N(Cc1ccccc1)N=CCCCC=O. The van der Waals surface area contributed by atoms with Crippen molar-refractivity contribution >= 4 is 20.7 Å². The van der Waals surface area contributed by atoms with Crippen LogP contribution in [0.1, 0.15) is 24.8 Å². The van der Waals surface area contributed by atoms with Gasteiger partial charge in [0.25, 0.3) is 0 Å². The van der Waals surface area contributed by atoms with Gasteiger partial charge in [-0.25, -0.2) is 0 Å². The van der Waals surface area contributed by atoms with Gasteiger partial charge < -0.3 is 9.47 Å². The van der Waals surface area contributed by atoms with Crippen molar-refractivity contribution in [1.82, 2.24) is 4.67 Å². The van der Waals surface area contributed by atoms with Crippen LogP contribution in [0.15, 0.2) is 35.4 Å². The molecule has 0 aromatic heterocycles. The lowest BCUT2D eigenvalue weighted by molar-refractivity contribution is -0.107. The van der Waals surface area contributed by atoms with Gasteiger partial charge in [0.1, 0.15) is 6.29 Å². The number of benzene rings is 1. The summed E-state index contributed by atoms with van der Waals surface area (Å²) in [5.41, 5.74) is 1.29. The lowest BCUT2D eigenvalue weighted by Gasteiger charge is -2.31. The highest BCUT2D eigenvalue weighted by Crippen LogP contribution is 2.14. The molecule has 1 aromatic rings. The standard InChI is InChI=1S/C15H24N2OSi/c1-19(2,3)17(16-12-8-5-9-13-18)14-15-10-6-4-7-11-15/h4,6-7,10-13H,5,8-9,14H2,1-3H3. The van der Waals surface area contributed by atoms with E-state index in [1.54, 1.807) is 0 Å². The van der Waals surface area contributed by atoms with Crippen LogP contribution >= 0.6 is 0 Å². The zero-order chi connectivity index (χ0) is 14.1. The lowest BCUT2D eigenvalue weighted by Crippen LogP contribution is -2.41. The van der Waals surface area contributed by atoms with Crippen LogP contribution in [0.25, 0.3) is 0 Å². The number of carbonyl (C=O) groups excluding carboxylic acids is 1. The predicted octanol–water partition coefficient (Wildman–Crippen LogP) is 3.68. The van der Waals surface area contributed by atoms with E-state index in [1.807, 2.05) is 12.3 Å². The molecule has 19 heavy (non-hydrogen) atoms. The number of hydrazone groups is 1. The van der Waals surface area contributed by atoms with Crippen molar-refractivity contribution in [2.24, 2.45) is 5.10 Å². The number of nitrogens with zero attached hydrogens (tertiary/aromatic N) is 2. The summed E-state index contributed by atoms with van der Waals surface area (Å²) < 4.78 is 2.23. The molecule has 0 bridgehead atoms. The molecule has 1 aromatic carbocycles. The van der Waals surface area contributed by atoms with Gasteiger partial charge in [-0.1, -0.05) is 50.0 Å².